The summed E-state index contributed by atoms with van der Waals surface area (Å²) in [6.45, 7) is 1.21. The van der Waals surface area contributed by atoms with Gasteiger partial charge in [-0.05, 0) is 79.1 Å². The van der Waals surface area contributed by atoms with Crippen molar-refractivity contribution in [1.29, 1.82) is 5.41 Å². The van der Waals surface area contributed by atoms with Crippen LogP contribution < -0.4 is 11.1 Å². The number of rotatable bonds is 7. The summed E-state index contributed by atoms with van der Waals surface area (Å²) in [5.74, 6) is -0.552. The Hall–Kier alpha value is -3.28. The summed E-state index contributed by atoms with van der Waals surface area (Å²) in [4.78, 5) is 39.9. The lowest BCUT2D eigenvalue weighted by Crippen LogP contribution is -2.43. The van der Waals surface area contributed by atoms with E-state index in [1.807, 2.05) is 0 Å². The Bertz CT molecular complexity index is 1340. The first kappa shape index (κ1) is 27.7. The second-order valence-corrected chi connectivity index (χ2v) is 12.1. The highest BCUT2D eigenvalue weighted by atomic mass is 35.5. The molecule has 2 heterocycles. The predicted molar refractivity (Wildman–Crippen MR) is 145 cm³/mol. The molecule has 2 saturated heterocycles. The molecule has 4 rings (SSSR count). The van der Waals surface area contributed by atoms with Crippen LogP contribution in [0.3, 0.4) is 0 Å². The Balaban J connectivity index is 1.54. The van der Waals surface area contributed by atoms with Crippen LogP contribution in [-0.2, 0) is 14.8 Å². The first-order valence-electron chi connectivity index (χ1n) is 12.3. The number of likely N-dealkylation sites (tertiary alicyclic amines) is 1. The molecule has 10 nitrogen and oxygen atoms in total. The summed E-state index contributed by atoms with van der Waals surface area (Å²) in [5, 5.41) is 9.81. The Morgan fingerprint density at radius 2 is 1.50 bits per heavy atom. The molecule has 2 aliphatic heterocycles. The van der Waals surface area contributed by atoms with Crippen LogP contribution in [-0.4, -0.2) is 72.4 Å². The number of nitrogen functional groups attached to an aromatic ring is 1. The van der Waals surface area contributed by atoms with Crippen LogP contribution in [0.15, 0.2) is 48.5 Å². The lowest BCUT2D eigenvalue weighted by molar-refractivity contribution is -0.119. The molecule has 0 radical (unpaired) electrons. The molecule has 0 aromatic heterocycles. The van der Waals surface area contributed by atoms with E-state index in [9.17, 15) is 22.8 Å². The van der Waals surface area contributed by atoms with Gasteiger partial charge in [-0.2, -0.15) is 0 Å². The molecular weight excluding hydrogens is 530 g/mol. The van der Waals surface area contributed by atoms with E-state index >= 15 is 0 Å². The van der Waals surface area contributed by atoms with Gasteiger partial charge in [0.1, 0.15) is 11.9 Å². The third-order valence-corrected chi connectivity index (χ3v) is 8.87. The van der Waals surface area contributed by atoms with E-state index in [1.54, 1.807) is 41.3 Å². The highest BCUT2D eigenvalue weighted by Gasteiger charge is 2.43. The average Bonchev–Trinajstić information content (AvgIpc) is 3.34. The van der Waals surface area contributed by atoms with Crippen molar-refractivity contribution in [2.45, 2.75) is 25.3 Å². The van der Waals surface area contributed by atoms with Gasteiger partial charge in [-0.25, -0.2) is 12.7 Å². The van der Waals surface area contributed by atoms with Crippen molar-refractivity contribution < 1.29 is 22.8 Å². The van der Waals surface area contributed by atoms with E-state index in [2.05, 4.69) is 5.32 Å². The Morgan fingerprint density at radius 3 is 2.03 bits per heavy atom. The van der Waals surface area contributed by atoms with Gasteiger partial charge in [0.05, 0.1) is 6.26 Å². The third kappa shape index (κ3) is 6.23. The van der Waals surface area contributed by atoms with Crippen LogP contribution in [0.25, 0.3) is 0 Å². The molecule has 0 aliphatic carbocycles. The van der Waals surface area contributed by atoms with E-state index in [0.717, 1.165) is 0 Å². The SMILES string of the molecule is CS(=O)(=O)N1CCC([C@H]2C[C@@H](C(=O)Nc3ccc(C(=O)Cl)cc3)N(C(=O)c3ccc(C(=N)N)cc3)C2)CC1. The fourth-order valence-corrected chi connectivity index (χ4v) is 6.23. The standard InChI is InChI=1S/C26H30ClN5O5S/c1-38(36,37)31-12-10-16(11-13-31)20-14-22(25(34)30-21-8-6-17(7-9-21)23(27)33)32(15-20)26(35)19-4-2-18(3-5-19)24(28)29/h2-9,16,20,22H,10-15H2,1H3,(H3,28,29)(H,30,34)/t20-,22-/m0/s1. The quantitative estimate of drug-likeness (QED) is 0.269. The van der Waals surface area contributed by atoms with Crippen LogP contribution in [0.1, 0.15) is 45.5 Å². The number of nitrogens with zero attached hydrogens (tertiary/aromatic N) is 2. The van der Waals surface area contributed by atoms with Crippen molar-refractivity contribution >= 4 is 50.2 Å². The maximum absolute atomic E-state index is 13.5. The maximum Gasteiger partial charge on any atom is 0.254 e. The number of hydrogen-bond donors (Lipinski definition) is 3. The van der Waals surface area contributed by atoms with Gasteiger partial charge in [-0.1, -0.05) is 12.1 Å². The van der Waals surface area contributed by atoms with Crippen molar-refractivity contribution in [3.8, 4) is 0 Å². The van der Waals surface area contributed by atoms with Gasteiger partial charge in [0.15, 0.2) is 0 Å². The number of amides is 2. The van der Waals surface area contributed by atoms with E-state index in [0.29, 0.717) is 61.3 Å². The summed E-state index contributed by atoms with van der Waals surface area (Å²) < 4.78 is 25.3. The van der Waals surface area contributed by atoms with Crippen LogP contribution in [0, 0.1) is 17.2 Å². The third-order valence-electron chi connectivity index (χ3n) is 7.35. The monoisotopic (exact) mass is 559 g/mol. The van der Waals surface area contributed by atoms with Crippen molar-refractivity contribution in [3.63, 3.8) is 0 Å². The molecule has 12 heteroatoms. The summed E-state index contributed by atoms with van der Waals surface area (Å²) in [5.41, 5.74) is 7.18. The fourth-order valence-electron chi connectivity index (χ4n) is 5.23. The van der Waals surface area contributed by atoms with Gasteiger partial charge in [0.25, 0.3) is 11.1 Å². The number of nitrogens with one attached hydrogen (secondary N) is 2. The molecule has 0 spiro atoms. The average molecular weight is 560 g/mol. The lowest BCUT2D eigenvalue weighted by atomic mass is 9.83. The van der Waals surface area contributed by atoms with Gasteiger partial charge in [-0.3, -0.25) is 19.8 Å². The van der Waals surface area contributed by atoms with Gasteiger partial charge >= 0.3 is 0 Å². The van der Waals surface area contributed by atoms with Crippen LogP contribution in [0.2, 0.25) is 0 Å². The van der Waals surface area contributed by atoms with Gasteiger partial charge in [0.2, 0.25) is 15.9 Å². The number of halogens is 1. The van der Waals surface area contributed by atoms with Crippen molar-refractivity contribution in [3.05, 3.63) is 65.2 Å². The number of hydrogen-bond acceptors (Lipinski definition) is 6. The summed E-state index contributed by atoms with van der Waals surface area (Å²) in [7, 11) is -3.26. The second-order valence-electron chi connectivity index (χ2n) is 9.80. The molecule has 2 aromatic carbocycles. The summed E-state index contributed by atoms with van der Waals surface area (Å²) in [6, 6.07) is 11.8. The normalized spacial score (nSPS) is 20.7. The highest BCUT2D eigenvalue weighted by Crippen LogP contribution is 2.36. The van der Waals surface area contributed by atoms with Crippen LogP contribution >= 0.6 is 11.6 Å². The number of benzene rings is 2. The Morgan fingerprint density at radius 1 is 0.947 bits per heavy atom. The van der Waals surface area contributed by atoms with E-state index < -0.39 is 21.3 Å². The number of anilines is 1. The molecule has 202 valence electrons. The van der Waals surface area contributed by atoms with Crippen LogP contribution in [0.4, 0.5) is 5.69 Å². The first-order chi connectivity index (χ1) is 17.9. The molecule has 38 heavy (non-hydrogen) atoms. The zero-order valence-electron chi connectivity index (χ0n) is 20.9. The van der Waals surface area contributed by atoms with Crippen LogP contribution in [0.5, 0.6) is 0 Å². The zero-order chi connectivity index (χ0) is 27.6. The Labute approximate surface area is 226 Å². The minimum absolute atomic E-state index is 0.0316. The number of piperidine rings is 1. The van der Waals surface area contributed by atoms with Crippen molar-refractivity contribution in [2.75, 3.05) is 31.2 Å². The largest absolute Gasteiger partial charge is 0.384 e. The second kappa shape index (κ2) is 11.2. The van der Waals surface area contributed by atoms with E-state index in [4.69, 9.17) is 22.7 Å². The molecule has 2 fully saturated rings. The topological polar surface area (TPSA) is 154 Å². The van der Waals surface area contributed by atoms with Crippen molar-refractivity contribution in [2.24, 2.45) is 17.6 Å². The van der Waals surface area contributed by atoms with E-state index in [1.165, 1.54) is 22.7 Å². The predicted octanol–water partition coefficient (Wildman–Crippen LogP) is 2.49. The number of sulfonamides is 1. The molecule has 2 atom stereocenters. The molecular formula is C26H30ClN5O5S. The van der Waals surface area contributed by atoms with Gasteiger partial charge in [-0.15, -0.1) is 0 Å². The van der Waals surface area contributed by atoms with Crippen molar-refractivity contribution in [1.82, 2.24) is 9.21 Å². The molecule has 2 aromatic rings. The summed E-state index contributed by atoms with van der Waals surface area (Å²) in [6.07, 6.45) is 2.98. The number of carbonyl (C=O) groups excluding carboxylic acids is 3. The molecule has 0 bridgehead atoms. The molecule has 4 N–H and O–H groups in total. The maximum atomic E-state index is 13.5. The molecule has 0 unspecified atom stereocenters. The summed E-state index contributed by atoms with van der Waals surface area (Å²) >= 11 is 5.50. The number of carbonyl (C=O) groups is 3. The number of amidine groups is 1. The molecule has 2 amide bonds. The highest BCUT2D eigenvalue weighted by molar-refractivity contribution is 7.88. The minimum Gasteiger partial charge on any atom is -0.384 e. The zero-order valence-corrected chi connectivity index (χ0v) is 22.5. The van der Waals surface area contributed by atoms with Gasteiger partial charge < -0.3 is 16.0 Å². The van der Waals surface area contributed by atoms with Gasteiger partial charge in [0, 0.05) is 42.0 Å². The Kier molecular flexibility index (Phi) is 8.19. The molecule has 2 aliphatic rings. The lowest BCUT2D eigenvalue weighted by Gasteiger charge is -2.33. The smallest absolute Gasteiger partial charge is 0.254 e. The fraction of sp³-hybridized carbons (Fsp3) is 0.385. The number of nitrogens with two attached hydrogens (primary N) is 1. The minimum atomic E-state index is -3.26. The molecule has 0 saturated carbocycles. The van der Waals surface area contributed by atoms with E-state index in [-0.39, 0.29) is 29.5 Å². The first-order valence-corrected chi connectivity index (χ1v) is 14.5.